The van der Waals surface area contributed by atoms with E-state index < -0.39 is 0 Å². The maximum Gasteiger partial charge on any atom is 0.107 e. The lowest BCUT2D eigenvalue weighted by Crippen LogP contribution is -2.33. The van der Waals surface area contributed by atoms with Gasteiger partial charge in [0.05, 0.1) is 0 Å². The monoisotopic (exact) mass is 258 g/mol. The van der Waals surface area contributed by atoms with E-state index in [-0.39, 0.29) is 6.23 Å². The first-order chi connectivity index (χ1) is 8.85. The summed E-state index contributed by atoms with van der Waals surface area (Å²) in [6.45, 7) is 7.02. The zero-order valence-corrected chi connectivity index (χ0v) is 12.5. The third-order valence-electron chi connectivity index (χ3n) is 3.19. The highest BCUT2D eigenvalue weighted by molar-refractivity contribution is 4.54. The van der Waals surface area contributed by atoms with Crippen molar-refractivity contribution in [2.24, 2.45) is 5.73 Å². The predicted octanol–water partition coefficient (Wildman–Crippen LogP) is 3.43. The number of nitrogens with one attached hydrogen (secondary N) is 1. The SMILES string of the molecule is CCCCCCCCCOC(CC)NCCCN. The fourth-order valence-electron chi connectivity index (χ4n) is 1.97. The van der Waals surface area contributed by atoms with Crippen molar-refractivity contribution in [3.05, 3.63) is 0 Å². The number of hydrogen-bond acceptors (Lipinski definition) is 3. The van der Waals surface area contributed by atoms with Gasteiger partial charge in [0.1, 0.15) is 6.23 Å². The minimum Gasteiger partial charge on any atom is -0.363 e. The van der Waals surface area contributed by atoms with Gasteiger partial charge in [-0.1, -0.05) is 52.4 Å². The van der Waals surface area contributed by atoms with Crippen LogP contribution in [0.4, 0.5) is 0 Å². The molecule has 1 unspecified atom stereocenters. The minimum atomic E-state index is 0.219. The fraction of sp³-hybridized carbons (Fsp3) is 1.00. The van der Waals surface area contributed by atoms with E-state index in [4.69, 9.17) is 10.5 Å². The van der Waals surface area contributed by atoms with Gasteiger partial charge in [0, 0.05) is 6.61 Å². The molecule has 0 aliphatic rings. The highest BCUT2D eigenvalue weighted by Crippen LogP contribution is 2.07. The highest BCUT2D eigenvalue weighted by Gasteiger charge is 2.03. The number of rotatable bonds is 14. The fourth-order valence-corrected chi connectivity index (χ4v) is 1.97. The standard InChI is InChI=1S/C15H34N2O/c1-3-5-6-7-8-9-10-14-18-15(4-2)17-13-11-12-16/h15,17H,3-14,16H2,1-2H3. The summed E-state index contributed by atoms with van der Waals surface area (Å²) >= 11 is 0. The molecule has 0 aliphatic carbocycles. The minimum absolute atomic E-state index is 0.219. The Balaban J connectivity index is 3.23. The van der Waals surface area contributed by atoms with Crippen molar-refractivity contribution in [2.75, 3.05) is 19.7 Å². The second-order valence-corrected chi connectivity index (χ2v) is 4.99. The lowest BCUT2D eigenvalue weighted by molar-refractivity contribution is 0.0251. The van der Waals surface area contributed by atoms with Crippen LogP contribution in [-0.4, -0.2) is 25.9 Å². The Bertz CT molecular complexity index is 153. The van der Waals surface area contributed by atoms with Crippen molar-refractivity contribution < 1.29 is 4.74 Å². The van der Waals surface area contributed by atoms with Crippen LogP contribution in [0.15, 0.2) is 0 Å². The number of nitrogens with two attached hydrogens (primary N) is 1. The topological polar surface area (TPSA) is 47.3 Å². The molecular formula is C15H34N2O. The van der Waals surface area contributed by atoms with Gasteiger partial charge in [0.2, 0.25) is 0 Å². The summed E-state index contributed by atoms with van der Waals surface area (Å²) in [7, 11) is 0. The first kappa shape index (κ1) is 17.9. The first-order valence-corrected chi connectivity index (χ1v) is 7.90. The van der Waals surface area contributed by atoms with E-state index in [1.807, 2.05) is 0 Å². The third-order valence-corrected chi connectivity index (χ3v) is 3.19. The molecule has 18 heavy (non-hydrogen) atoms. The van der Waals surface area contributed by atoms with Crippen LogP contribution < -0.4 is 11.1 Å². The molecule has 0 fully saturated rings. The van der Waals surface area contributed by atoms with Gasteiger partial charge in [0.25, 0.3) is 0 Å². The van der Waals surface area contributed by atoms with Gasteiger partial charge in [-0.05, 0) is 32.4 Å². The zero-order chi connectivity index (χ0) is 13.5. The van der Waals surface area contributed by atoms with Crippen molar-refractivity contribution in [2.45, 2.75) is 77.9 Å². The number of hydrogen-bond donors (Lipinski definition) is 2. The van der Waals surface area contributed by atoms with Gasteiger partial charge in [0.15, 0.2) is 0 Å². The summed E-state index contributed by atoms with van der Waals surface area (Å²) in [6, 6.07) is 0. The molecule has 3 nitrogen and oxygen atoms in total. The molecule has 3 heteroatoms. The molecule has 1 atom stereocenters. The summed E-state index contributed by atoms with van der Waals surface area (Å²) in [5.41, 5.74) is 5.46. The molecule has 0 aromatic heterocycles. The van der Waals surface area contributed by atoms with Gasteiger partial charge in [-0.3, -0.25) is 5.32 Å². The van der Waals surface area contributed by atoms with Gasteiger partial charge in [-0.25, -0.2) is 0 Å². The molecular weight excluding hydrogens is 224 g/mol. The summed E-state index contributed by atoms with van der Waals surface area (Å²) in [5.74, 6) is 0. The normalized spacial score (nSPS) is 12.8. The molecule has 0 amide bonds. The molecule has 0 bridgehead atoms. The van der Waals surface area contributed by atoms with Crippen LogP contribution in [0, 0.1) is 0 Å². The molecule has 3 N–H and O–H groups in total. The zero-order valence-electron chi connectivity index (χ0n) is 12.5. The molecule has 0 aromatic carbocycles. The van der Waals surface area contributed by atoms with E-state index in [1.165, 1.54) is 44.9 Å². The van der Waals surface area contributed by atoms with Crippen LogP contribution in [0.5, 0.6) is 0 Å². The Hall–Kier alpha value is -0.120. The van der Waals surface area contributed by atoms with Crippen molar-refractivity contribution in [1.29, 1.82) is 0 Å². The van der Waals surface area contributed by atoms with Gasteiger partial charge < -0.3 is 10.5 Å². The summed E-state index contributed by atoms with van der Waals surface area (Å²) in [4.78, 5) is 0. The van der Waals surface area contributed by atoms with Crippen LogP contribution in [0.25, 0.3) is 0 Å². The quantitative estimate of drug-likeness (QED) is 0.371. The second-order valence-electron chi connectivity index (χ2n) is 4.99. The maximum atomic E-state index is 5.81. The molecule has 0 rings (SSSR count). The molecule has 0 saturated carbocycles. The van der Waals surface area contributed by atoms with Gasteiger partial charge >= 0.3 is 0 Å². The Morgan fingerprint density at radius 2 is 1.61 bits per heavy atom. The molecule has 0 saturated heterocycles. The number of unbranched alkanes of at least 4 members (excludes halogenated alkanes) is 6. The highest BCUT2D eigenvalue weighted by atomic mass is 16.5. The maximum absolute atomic E-state index is 5.81. The van der Waals surface area contributed by atoms with Crippen LogP contribution >= 0.6 is 0 Å². The van der Waals surface area contributed by atoms with Gasteiger partial charge in [-0.15, -0.1) is 0 Å². The Kier molecular flexibility index (Phi) is 14.8. The molecule has 110 valence electrons. The van der Waals surface area contributed by atoms with Crippen molar-refractivity contribution in [1.82, 2.24) is 5.32 Å². The van der Waals surface area contributed by atoms with Gasteiger partial charge in [-0.2, -0.15) is 0 Å². The lowest BCUT2D eigenvalue weighted by atomic mass is 10.1. The number of ether oxygens (including phenoxy) is 1. The first-order valence-electron chi connectivity index (χ1n) is 7.90. The third kappa shape index (κ3) is 12.3. The molecule has 0 radical (unpaired) electrons. The van der Waals surface area contributed by atoms with E-state index >= 15 is 0 Å². The Labute approximate surface area is 114 Å². The Morgan fingerprint density at radius 1 is 0.944 bits per heavy atom. The average molecular weight is 258 g/mol. The van der Waals surface area contributed by atoms with Crippen molar-refractivity contribution in [3.8, 4) is 0 Å². The van der Waals surface area contributed by atoms with Crippen LogP contribution in [0.2, 0.25) is 0 Å². The molecule has 0 aliphatic heterocycles. The lowest BCUT2D eigenvalue weighted by Gasteiger charge is -2.17. The van der Waals surface area contributed by atoms with Crippen LogP contribution in [0.1, 0.15) is 71.6 Å². The van der Waals surface area contributed by atoms with Crippen LogP contribution in [0.3, 0.4) is 0 Å². The van der Waals surface area contributed by atoms with E-state index in [2.05, 4.69) is 19.2 Å². The van der Waals surface area contributed by atoms with E-state index in [0.29, 0.717) is 0 Å². The molecule has 0 heterocycles. The summed E-state index contributed by atoms with van der Waals surface area (Å²) < 4.78 is 5.81. The van der Waals surface area contributed by atoms with E-state index in [9.17, 15) is 0 Å². The summed E-state index contributed by atoms with van der Waals surface area (Å²) in [5, 5.41) is 3.39. The van der Waals surface area contributed by atoms with Crippen molar-refractivity contribution >= 4 is 0 Å². The Morgan fingerprint density at radius 3 is 2.22 bits per heavy atom. The second kappa shape index (κ2) is 14.9. The largest absolute Gasteiger partial charge is 0.363 e. The summed E-state index contributed by atoms with van der Waals surface area (Å²) in [6.07, 6.45) is 11.6. The predicted molar refractivity (Wildman–Crippen MR) is 79.7 cm³/mol. The van der Waals surface area contributed by atoms with E-state index in [0.717, 1.165) is 32.5 Å². The van der Waals surface area contributed by atoms with E-state index in [1.54, 1.807) is 0 Å². The molecule has 0 aromatic rings. The van der Waals surface area contributed by atoms with Crippen molar-refractivity contribution in [3.63, 3.8) is 0 Å². The molecule has 0 spiro atoms. The smallest absolute Gasteiger partial charge is 0.107 e. The van der Waals surface area contributed by atoms with Crippen LogP contribution in [-0.2, 0) is 4.74 Å². The average Bonchev–Trinajstić information content (AvgIpc) is 2.40.